The first-order valence-electron chi connectivity index (χ1n) is 9.11. The van der Waals surface area contributed by atoms with Gasteiger partial charge in [0.1, 0.15) is 6.54 Å². The van der Waals surface area contributed by atoms with Gasteiger partial charge in [0.05, 0.1) is 11.0 Å². The Hall–Kier alpha value is -2.08. The summed E-state index contributed by atoms with van der Waals surface area (Å²) in [5, 5.41) is 9.26. The Bertz CT molecular complexity index is 800. The molecule has 0 atom stereocenters. The van der Waals surface area contributed by atoms with E-state index in [1.807, 2.05) is 38.2 Å². The van der Waals surface area contributed by atoms with Gasteiger partial charge >= 0.3 is 5.69 Å². The topological polar surface area (TPSA) is 67.5 Å². The van der Waals surface area contributed by atoms with Crippen LogP contribution in [0.2, 0.25) is 0 Å². The van der Waals surface area contributed by atoms with Gasteiger partial charge in [-0.3, -0.25) is 13.9 Å². The number of fused-ring (bicyclic) bond motifs is 1. The second kappa shape index (κ2) is 7.44. The van der Waals surface area contributed by atoms with E-state index in [9.17, 15) is 14.7 Å². The van der Waals surface area contributed by atoms with Crippen molar-refractivity contribution < 1.29 is 9.90 Å². The summed E-state index contributed by atoms with van der Waals surface area (Å²) in [6, 6.07) is 7.81. The first-order valence-corrected chi connectivity index (χ1v) is 9.11. The molecule has 6 nitrogen and oxygen atoms in total. The Morgan fingerprint density at radius 3 is 2.32 bits per heavy atom. The minimum atomic E-state index is -0.130. The maximum absolute atomic E-state index is 12.8. The number of aromatic nitrogens is 2. The van der Waals surface area contributed by atoms with Crippen LogP contribution in [0, 0.1) is 5.92 Å². The normalized spacial score (nSPS) is 20.8. The predicted octanol–water partition coefficient (Wildman–Crippen LogP) is 1.83. The van der Waals surface area contributed by atoms with Crippen molar-refractivity contribution in [1.82, 2.24) is 14.0 Å². The average Bonchev–Trinajstić information content (AvgIpc) is 2.92. The number of nitrogens with zero attached hydrogens (tertiary/aromatic N) is 3. The first-order chi connectivity index (χ1) is 12.1. The molecule has 1 aliphatic rings. The first kappa shape index (κ1) is 17.7. The average molecular weight is 345 g/mol. The van der Waals surface area contributed by atoms with E-state index in [0.29, 0.717) is 12.5 Å². The van der Waals surface area contributed by atoms with Gasteiger partial charge in [0.2, 0.25) is 5.91 Å². The van der Waals surface area contributed by atoms with Crippen molar-refractivity contribution in [2.75, 3.05) is 13.7 Å². The van der Waals surface area contributed by atoms with E-state index in [0.717, 1.165) is 36.7 Å². The highest BCUT2D eigenvalue weighted by Crippen LogP contribution is 2.26. The summed E-state index contributed by atoms with van der Waals surface area (Å²) in [6.45, 7) is 2.83. The fraction of sp³-hybridized carbons (Fsp3) is 0.579. The molecule has 1 aromatic carbocycles. The summed E-state index contributed by atoms with van der Waals surface area (Å²) in [5.41, 5.74) is 1.54. The van der Waals surface area contributed by atoms with Gasteiger partial charge < -0.3 is 10.0 Å². The van der Waals surface area contributed by atoms with E-state index in [1.165, 1.54) is 0 Å². The van der Waals surface area contributed by atoms with Gasteiger partial charge in [0.15, 0.2) is 0 Å². The van der Waals surface area contributed by atoms with Crippen molar-refractivity contribution in [3.05, 3.63) is 34.7 Å². The van der Waals surface area contributed by atoms with Crippen LogP contribution in [0.3, 0.4) is 0 Å². The molecular weight excluding hydrogens is 318 g/mol. The molecule has 1 heterocycles. The number of aryl methyl sites for hydroxylation is 1. The van der Waals surface area contributed by atoms with Gasteiger partial charge in [-0.1, -0.05) is 12.1 Å². The number of hydrogen-bond donors (Lipinski definition) is 1. The standard InChI is InChI=1S/C19H27N3O3/c1-3-21-16-6-4-5-7-17(16)22(19(21)25)12-18(24)20(2)15-10-8-14(13-23)9-11-15/h4-7,14-15,23H,3,8-13H2,1-2H3. The molecule has 1 aliphatic carbocycles. The predicted molar refractivity (Wildman–Crippen MR) is 97.5 cm³/mol. The summed E-state index contributed by atoms with van der Waals surface area (Å²) >= 11 is 0. The molecule has 1 N–H and O–H groups in total. The largest absolute Gasteiger partial charge is 0.396 e. The number of aliphatic hydroxyl groups excluding tert-OH is 1. The molecule has 0 spiro atoms. The maximum Gasteiger partial charge on any atom is 0.329 e. The fourth-order valence-corrected chi connectivity index (χ4v) is 3.90. The van der Waals surface area contributed by atoms with Crippen LogP contribution in [-0.2, 0) is 17.9 Å². The highest BCUT2D eigenvalue weighted by atomic mass is 16.3. The molecule has 0 saturated heterocycles. The molecule has 0 aliphatic heterocycles. The molecule has 0 unspecified atom stereocenters. The van der Waals surface area contributed by atoms with Crippen LogP contribution in [0.1, 0.15) is 32.6 Å². The quantitative estimate of drug-likeness (QED) is 0.899. The monoisotopic (exact) mass is 345 g/mol. The van der Waals surface area contributed by atoms with Crippen LogP contribution in [-0.4, -0.2) is 44.7 Å². The van der Waals surface area contributed by atoms with Crippen LogP contribution < -0.4 is 5.69 Å². The Morgan fingerprint density at radius 1 is 1.16 bits per heavy atom. The summed E-state index contributed by atoms with van der Waals surface area (Å²) < 4.78 is 3.28. The molecule has 6 heteroatoms. The number of benzene rings is 1. The molecule has 2 aromatic rings. The third-order valence-corrected chi connectivity index (χ3v) is 5.55. The van der Waals surface area contributed by atoms with Crippen LogP contribution in [0.4, 0.5) is 0 Å². The zero-order valence-corrected chi connectivity index (χ0v) is 15.0. The van der Waals surface area contributed by atoms with Crippen molar-refractivity contribution in [1.29, 1.82) is 0 Å². The maximum atomic E-state index is 12.8. The van der Waals surface area contributed by atoms with Crippen molar-refractivity contribution >= 4 is 16.9 Å². The van der Waals surface area contributed by atoms with Gasteiger partial charge in [-0.15, -0.1) is 0 Å². The van der Waals surface area contributed by atoms with Gasteiger partial charge in [0, 0.05) is 26.2 Å². The minimum Gasteiger partial charge on any atom is -0.396 e. The van der Waals surface area contributed by atoms with E-state index >= 15 is 0 Å². The Labute approximate surface area is 147 Å². The van der Waals surface area contributed by atoms with Gasteiger partial charge in [-0.25, -0.2) is 4.79 Å². The van der Waals surface area contributed by atoms with Gasteiger partial charge in [-0.05, 0) is 50.7 Å². The Kier molecular flexibility index (Phi) is 5.27. The molecule has 136 valence electrons. The lowest BCUT2D eigenvalue weighted by Gasteiger charge is -2.34. The van der Waals surface area contributed by atoms with Crippen LogP contribution in [0.15, 0.2) is 29.1 Å². The van der Waals surface area contributed by atoms with E-state index < -0.39 is 0 Å². The fourth-order valence-electron chi connectivity index (χ4n) is 3.90. The lowest BCUT2D eigenvalue weighted by atomic mass is 9.86. The molecule has 1 amide bonds. The Morgan fingerprint density at radius 2 is 1.76 bits per heavy atom. The molecule has 25 heavy (non-hydrogen) atoms. The summed E-state index contributed by atoms with van der Waals surface area (Å²) in [7, 11) is 1.83. The minimum absolute atomic E-state index is 0.0337. The zero-order chi connectivity index (χ0) is 18.0. The third-order valence-electron chi connectivity index (χ3n) is 5.55. The van der Waals surface area contributed by atoms with Crippen molar-refractivity contribution in [2.45, 2.75) is 51.7 Å². The number of rotatable bonds is 5. The second-order valence-electron chi connectivity index (χ2n) is 6.96. The summed E-state index contributed by atoms with van der Waals surface area (Å²) in [6.07, 6.45) is 3.74. The van der Waals surface area contributed by atoms with Gasteiger partial charge in [0.25, 0.3) is 0 Å². The van der Waals surface area contributed by atoms with Crippen LogP contribution in [0.25, 0.3) is 11.0 Å². The summed E-state index contributed by atoms with van der Waals surface area (Å²) in [4.78, 5) is 27.2. The molecule has 0 radical (unpaired) electrons. The molecule has 0 bridgehead atoms. The number of hydrogen-bond acceptors (Lipinski definition) is 3. The number of likely N-dealkylation sites (N-methyl/N-ethyl adjacent to an activating group) is 1. The molecule has 1 fully saturated rings. The van der Waals surface area contributed by atoms with Crippen LogP contribution in [0.5, 0.6) is 0 Å². The molecular formula is C19H27N3O3. The van der Waals surface area contributed by atoms with E-state index in [-0.39, 0.29) is 30.8 Å². The molecule has 1 saturated carbocycles. The number of amides is 1. The third kappa shape index (κ3) is 3.35. The van der Waals surface area contributed by atoms with Crippen molar-refractivity contribution in [3.63, 3.8) is 0 Å². The Balaban J connectivity index is 1.78. The van der Waals surface area contributed by atoms with Gasteiger partial charge in [-0.2, -0.15) is 0 Å². The number of para-hydroxylation sites is 2. The number of aliphatic hydroxyl groups is 1. The van der Waals surface area contributed by atoms with Crippen LogP contribution >= 0.6 is 0 Å². The summed E-state index contributed by atoms with van der Waals surface area (Å²) in [5.74, 6) is 0.332. The molecule has 3 rings (SSSR count). The van der Waals surface area contributed by atoms with E-state index in [2.05, 4.69) is 0 Å². The molecule has 1 aromatic heterocycles. The lowest BCUT2D eigenvalue weighted by molar-refractivity contribution is -0.133. The number of carbonyl (C=O) groups excluding carboxylic acids is 1. The van der Waals surface area contributed by atoms with Crippen molar-refractivity contribution in [2.24, 2.45) is 5.92 Å². The van der Waals surface area contributed by atoms with E-state index in [4.69, 9.17) is 0 Å². The zero-order valence-electron chi connectivity index (χ0n) is 15.0. The van der Waals surface area contributed by atoms with E-state index in [1.54, 1.807) is 14.0 Å². The van der Waals surface area contributed by atoms with Crippen molar-refractivity contribution in [3.8, 4) is 0 Å². The highest BCUT2D eigenvalue weighted by molar-refractivity contribution is 5.81. The SMILES string of the molecule is CCn1c(=O)n(CC(=O)N(C)C2CCC(CO)CC2)c2ccccc21. The highest BCUT2D eigenvalue weighted by Gasteiger charge is 2.27. The second-order valence-corrected chi connectivity index (χ2v) is 6.96. The smallest absolute Gasteiger partial charge is 0.329 e. The number of carbonyl (C=O) groups is 1. The lowest BCUT2D eigenvalue weighted by Crippen LogP contribution is -2.42. The number of imidazole rings is 1.